The first kappa shape index (κ1) is 14.9. The van der Waals surface area contributed by atoms with Crippen molar-refractivity contribution < 1.29 is 9.84 Å². The molecule has 3 heteroatoms. The van der Waals surface area contributed by atoms with Crippen molar-refractivity contribution in [2.45, 2.75) is 63.6 Å². The minimum atomic E-state index is -0.0533. The second-order valence-corrected chi connectivity index (χ2v) is 6.85. The van der Waals surface area contributed by atoms with Crippen LogP contribution in [0.5, 0.6) is 5.75 Å². The zero-order valence-electron chi connectivity index (χ0n) is 13.1. The summed E-state index contributed by atoms with van der Waals surface area (Å²) in [6.07, 6.45) is 7.66. The van der Waals surface area contributed by atoms with Crippen LogP contribution < -0.4 is 4.74 Å². The first-order valence-corrected chi connectivity index (χ1v) is 8.31. The van der Waals surface area contributed by atoms with Crippen LogP contribution in [0.4, 0.5) is 0 Å². The predicted molar refractivity (Wildman–Crippen MR) is 84.5 cm³/mol. The van der Waals surface area contributed by atoms with E-state index in [9.17, 15) is 5.11 Å². The molecule has 1 aromatic rings. The number of aliphatic hydroxyl groups is 1. The van der Waals surface area contributed by atoms with Gasteiger partial charge in [-0.3, -0.25) is 4.90 Å². The Bertz CT molecular complexity index is 470. The third kappa shape index (κ3) is 3.41. The molecule has 2 aliphatic rings. The van der Waals surface area contributed by atoms with E-state index in [0.717, 1.165) is 25.3 Å². The minimum absolute atomic E-state index is 0.0533. The van der Waals surface area contributed by atoms with Gasteiger partial charge >= 0.3 is 0 Å². The summed E-state index contributed by atoms with van der Waals surface area (Å²) >= 11 is 0. The normalized spacial score (nSPS) is 27.3. The van der Waals surface area contributed by atoms with Crippen molar-refractivity contribution in [2.24, 2.45) is 0 Å². The van der Waals surface area contributed by atoms with E-state index in [1.165, 1.54) is 37.7 Å². The van der Waals surface area contributed by atoms with Crippen molar-refractivity contribution in [3.05, 3.63) is 29.8 Å². The molecular weight excluding hydrogens is 262 g/mol. The highest BCUT2D eigenvalue weighted by atomic mass is 16.5. The summed E-state index contributed by atoms with van der Waals surface area (Å²) < 4.78 is 6.09. The molecule has 0 bridgehead atoms. The van der Waals surface area contributed by atoms with Crippen LogP contribution in [0.3, 0.4) is 0 Å². The molecule has 116 valence electrons. The monoisotopic (exact) mass is 289 g/mol. The molecule has 0 radical (unpaired) electrons. The maximum Gasteiger partial charge on any atom is 0.120 e. The van der Waals surface area contributed by atoms with Crippen LogP contribution in [0.15, 0.2) is 24.3 Å². The topological polar surface area (TPSA) is 32.7 Å². The van der Waals surface area contributed by atoms with E-state index in [-0.39, 0.29) is 12.1 Å². The molecule has 1 atom stereocenters. The number of ether oxygens (including phenoxy) is 1. The van der Waals surface area contributed by atoms with E-state index < -0.39 is 0 Å². The number of nitrogens with zero attached hydrogens (tertiary/aromatic N) is 1. The van der Waals surface area contributed by atoms with Crippen molar-refractivity contribution in [3.8, 4) is 5.75 Å². The van der Waals surface area contributed by atoms with Crippen LogP contribution in [0, 0.1) is 0 Å². The molecule has 1 heterocycles. The molecule has 0 amide bonds. The highest BCUT2D eigenvalue weighted by Gasteiger charge is 2.35. The smallest absolute Gasteiger partial charge is 0.120 e. The van der Waals surface area contributed by atoms with Crippen molar-refractivity contribution in [3.63, 3.8) is 0 Å². The summed E-state index contributed by atoms with van der Waals surface area (Å²) in [6, 6.07) is 8.50. The van der Waals surface area contributed by atoms with Crippen LogP contribution in [-0.2, 0) is 6.54 Å². The molecule has 3 rings (SSSR count). The Morgan fingerprint density at radius 3 is 2.86 bits per heavy atom. The Morgan fingerprint density at radius 2 is 2.10 bits per heavy atom. The van der Waals surface area contributed by atoms with Gasteiger partial charge in [-0.25, -0.2) is 0 Å². The summed E-state index contributed by atoms with van der Waals surface area (Å²) in [5.74, 6) is 1.00. The molecule has 1 aliphatic heterocycles. The molecule has 1 aliphatic carbocycles. The van der Waals surface area contributed by atoms with Gasteiger partial charge in [0.25, 0.3) is 0 Å². The Balaban J connectivity index is 1.65. The summed E-state index contributed by atoms with van der Waals surface area (Å²) in [5.41, 5.74) is 1.23. The first-order chi connectivity index (χ1) is 10.2. The van der Waals surface area contributed by atoms with Gasteiger partial charge in [0.05, 0.1) is 12.7 Å². The van der Waals surface area contributed by atoms with Gasteiger partial charge in [-0.2, -0.15) is 0 Å². The largest absolute Gasteiger partial charge is 0.490 e. The summed E-state index contributed by atoms with van der Waals surface area (Å²) in [6.45, 7) is 4.38. The molecule has 1 aromatic carbocycles. The lowest BCUT2D eigenvalue weighted by Crippen LogP contribution is -2.43. The summed E-state index contributed by atoms with van der Waals surface area (Å²) in [5, 5.41) is 9.65. The molecule has 1 N–H and O–H groups in total. The molecule has 0 unspecified atom stereocenters. The lowest BCUT2D eigenvalue weighted by Gasteiger charge is -2.33. The molecule has 3 nitrogen and oxygen atoms in total. The first-order valence-electron chi connectivity index (χ1n) is 8.31. The van der Waals surface area contributed by atoms with Gasteiger partial charge in [0.2, 0.25) is 0 Å². The zero-order chi connectivity index (χ0) is 14.7. The van der Waals surface area contributed by atoms with Gasteiger partial charge in [-0.1, -0.05) is 12.1 Å². The number of rotatable bonds is 5. The van der Waals surface area contributed by atoms with Gasteiger partial charge in [0.15, 0.2) is 0 Å². The van der Waals surface area contributed by atoms with Crippen LogP contribution in [0.1, 0.15) is 51.0 Å². The van der Waals surface area contributed by atoms with E-state index >= 15 is 0 Å². The Labute approximate surface area is 127 Å². The Morgan fingerprint density at radius 1 is 1.29 bits per heavy atom. The van der Waals surface area contributed by atoms with Crippen LogP contribution >= 0.6 is 0 Å². The van der Waals surface area contributed by atoms with Gasteiger partial charge in [0.1, 0.15) is 5.75 Å². The van der Waals surface area contributed by atoms with Crippen LogP contribution in [-0.4, -0.2) is 34.8 Å². The summed E-state index contributed by atoms with van der Waals surface area (Å²) in [7, 11) is 0. The highest BCUT2D eigenvalue weighted by Crippen LogP contribution is 2.31. The van der Waals surface area contributed by atoms with Gasteiger partial charge < -0.3 is 9.84 Å². The van der Waals surface area contributed by atoms with E-state index in [1.807, 2.05) is 0 Å². The molecule has 0 spiro atoms. The number of hydrogen-bond acceptors (Lipinski definition) is 3. The van der Waals surface area contributed by atoms with Crippen LogP contribution in [0.2, 0.25) is 0 Å². The Hall–Kier alpha value is -1.06. The maximum atomic E-state index is 9.65. The third-order valence-electron chi connectivity index (χ3n) is 5.12. The fourth-order valence-corrected chi connectivity index (χ4v) is 3.66. The van der Waals surface area contributed by atoms with E-state index in [0.29, 0.717) is 6.10 Å². The molecule has 2 fully saturated rings. The molecular formula is C18H27NO2. The average molecular weight is 289 g/mol. The second kappa shape index (κ2) is 6.37. The predicted octanol–water partition coefficient (Wildman–Crippen LogP) is 3.35. The highest BCUT2D eigenvalue weighted by molar-refractivity contribution is 5.29. The molecule has 21 heavy (non-hydrogen) atoms. The van der Waals surface area contributed by atoms with Crippen molar-refractivity contribution in [1.82, 2.24) is 4.90 Å². The van der Waals surface area contributed by atoms with Crippen molar-refractivity contribution in [1.29, 1.82) is 0 Å². The maximum absolute atomic E-state index is 9.65. The minimum Gasteiger partial charge on any atom is -0.490 e. The molecule has 0 aromatic heterocycles. The van der Waals surface area contributed by atoms with Crippen molar-refractivity contribution >= 4 is 0 Å². The standard InChI is InChI=1S/C18H27NO2/c1-18(14-20)10-5-11-19(18)13-15-6-4-9-17(12-15)21-16-7-2-3-8-16/h4,6,9,12,16,20H,2-3,5,7-8,10-11,13-14H2,1H3/t18-/m0/s1. The number of hydrogen-bond donors (Lipinski definition) is 1. The van der Waals surface area contributed by atoms with Gasteiger partial charge in [0, 0.05) is 12.1 Å². The summed E-state index contributed by atoms with van der Waals surface area (Å²) in [4.78, 5) is 2.40. The van der Waals surface area contributed by atoms with Gasteiger partial charge in [-0.05, 0) is 69.7 Å². The molecule has 1 saturated carbocycles. The van der Waals surface area contributed by atoms with Gasteiger partial charge in [-0.15, -0.1) is 0 Å². The van der Waals surface area contributed by atoms with E-state index in [4.69, 9.17) is 4.74 Å². The lowest BCUT2D eigenvalue weighted by molar-refractivity contribution is 0.0733. The fraction of sp³-hybridized carbons (Fsp3) is 0.667. The Kier molecular flexibility index (Phi) is 4.51. The van der Waals surface area contributed by atoms with E-state index in [2.05, 4.69) is 36.1 Å². The lowest BCUT2D eigenvalue weighted by atomic mass is 10.00. The molecule has 1 saturated heterocycles. The van der Waals surface area contributed by atoms with Crippen LogP contribution in [0.25, 0.3) is 0 Å². The zero-order valence-corrected chi connectivity index (χ0v) is 13.1. The second-order valence-electron chi connectivity index (χ2n) is 6.85. The number of aliphatic hydroxyl groups excluding tert-OH is 1. The number of benzene rings is 1. The third-order valence-corrected chi connectivity index (χ3v) is 5.12. The van der Waals surface area contributed by atoms with E-state index in [1.54, 1.807) is 0 Å². The quantitative estimate of drug-likeness (QED) is 0.902. The van der Waals surface area contributed by atoms with Crippen molar-refractivity contribution in [2.75, 3.05) is 13.2 Å². The average Bonchev–Trinajstić information content (AvgIpc) is 3.11. The fourth-order valence-electron chi connectivity index (χ4n) is 3.66. The number of likely N-dealkylation sites (tertiary alicyclic amines) is 1. The SMILES string of the molecule is C[C@@]1(CO)CCCN1Cc1cccc(OC2CCCC2)c1.